The summed E-state index contributed by atoms with van der Waals surface area (Å²) >= 11 is 6.01. The Hall–Kier alpha value is -2.40. The average molecular weight is 335 g/mol. The van der Waals surface area contributed by atoms with Crippen molar-refractivity contribution < 1.29 is 14.3 Å². The lowest BCUT2D eigenvalue weighted by atomic mass is 10.2. The molecule has 0 atom stereocenters. The molecule has 2 aromatic carbocycles. The molecule has 2 N–H and O–H groups in total. The second-order valence-electron chi connectivity index (χ2n) is 4.77. The first-order valence-electron chi connectivity index (χ1n) is 7.14. The quantitative estimate of drug-likeness (QED) is 0.808. The maximum atomic E-state index is 11.9. The van der Waals surface area contributed by atoms with Gasteiger partial charge in [-0.2, -0.15) is 0 Å². The lowest BCUT2D eigenvalue weighted by molar-refractivity contribution is -0.115. The van der Waals surface area contributed by atoms with Gasteiger partial charge in [0.05, 0.1) is 30.6 Å². The van der Waals surface area contributed by atoms with Crippen LogP contribution in [0.1, 0.15) is 6.42 Å². The van der Waals surface area contributed by atoms with Crippen molar-refractivity contribution in [3.8, 4) is 11.5 Å². The summed E-state index contributed by atoms with van der Waals surface area (Å²) in [6.07, 6.45) is 0.306. The number of nitrogens with one attached hydrogen (secondary N) is 2. The Morgan fingerprint density at radius 1 is 1.09 bits per heavy atom. The molecule has 0 aliphatic rings. The van der Waals surface area contributed by atoms with Gasteiger partial charge in [0.15, 0.2) is 0 Å². The second-order valence-corrected chi connectivity index (χ2v) is 5.18. The van der Waals surface area contributed by atoms with Crippen molar-refractivity contribution in [2.24, 2.45) is 0 Å². The van der Waals surface area contributed by atoms with E-state index in [1.54, 1.807) is 32.4 Å². The summed E-state index contributed by atoms with van der Waals surface area (Å²) in [6, 6.07) is 12.6. The zero-order valence-electron chi connectivity index (χ0n) is 13.1. The summed E-state index contributed by atoms with van der Waals surface area (Å²) in [7, 11) is 3.19. The number of benzene rings is 2. The van der Waals surface area contributed by atoms with Gasteiger partial charge in [-0.3, -0.25) is 4.79 Å². The standard InChI is InChI=1S/C17H19ClN2O3/c1-22-12-7-8-15(16(11-12)23-2)19-10-9-17(21)20-14-6-4-3-5-13(14)18/h3-8,11,19H,9-10H2,1-2H3,(H,20,21). The van der Waals surface area contributed by atoms with Crippen LogP contribution in [0.3, 0.4) is 0 Å². The van der Waals surface area contributed by atoms with E-state index in [9.17, 15) is 4.79 Å². The highest BCUT2D eigenvalue weighted by Crippen LogP contribution is 2.29. The molecule has 0 saturated heterocycles. The molecule has 1 amide bonds. The summed E-state index contributed by atoms with van der Waals surface area (Å²) in [6.45, 7) is 0.471. The third-order valence-corrected chi connectivity index (χ3v) is 3.55. The van der Waals surface area contributed by atoms with E-state index >= 15 is 0 Å². The van der Waals surface area contributed by atoms with Crippen LogP contribution < -0.4 is 20.1 Å². The van der Waals surface area contributed by atoms with E-state index in [4.69, 9.17) is 21.1 Å². The van der Waals surface area contributed by atoms with Crippen molar-refractivity contribution in [2.75, 3.05) is 31.4 Å². The molecule has 2 rings (SSSR count). The number of hydrogen-bond acceptors (Lipinski definition) is 4. The molecule has 5 nitrogen and oxygen atoms in total. The van der Waals surface area contributed by atoms with Crippen LogP contribution in [-0.4, -0.2) is 26.7 Å². The Bertz CT molecular complexity index is 677. The topological polar surface area (TPSA) is 59.6 Å². The van der Waals surface area contributed by atoms with Gasteiger partial charge in [-0.15, -0.1) is 0 Å². The summed E-state index contributed by atoms with van der Waals surface area (Å²) in [5, 5.41) is 6.47. The van der Waals surface area contributed by atoms with E-state index < -0.39 is 0 Å². The van der Waals surface area contributed by atoms with E-state index in [0.717, 1.165) is 5.69 Å². The maximum Gasteiger partial charge on any atom is 0.226 e. The molecule has 0 radical (unpaired) electrons. The molecule has 0 aliphatic heterocycles. The van der Waals surface area contributed by atoms with Crippen LogP contribution in [0.25, 0.3) is 0 Å². The van der Waals surface area contributed by atoms with Gasteiger partial charge < -0.3 is 20.1 Å². The minimum atomic E-state index is -0.113. The molecule has 0 heterocycles. The fourth-order valence-electron chi connectivity index (χ4n) is 2.03. The van der Waals surface area contributed by atoms with Gasteiger partial charge in [0.1, 0.15) is 11.5 Å². The van der Waals surface area contributed by atoms with E-state index in [0.29, 0.717) is 35.2 Å². The summed E-state index contributed by atoms with van der Waals surface area (Å²) in [4.78, 5) is 11.9. The average Bonchev–Trinajstić information content (AvgIpc) is 2.57. The summed E-state index contributed by atoms with van der Waals surface area (Å²) in [5.41, 5.74) is 1.42. The van der Waals surface area contributed by atoms with Crippen molar-refractivity contribution >= 4 is 28.9 Å². The fraction of sp³-hybridized carbons (Fsp3) is 0.235. The highest BCUT2D eigenvalue weighted by Gasteiger charge is 2.07. The number of anilines is 2. The Morgan fingerprint density at radius 2 is 1.87 bits per heavy atom. The van der Waals surface area contributed by atoms with Crippen LogP contribution in [0.15, 0.2) is 42.5 Å². The lowest BCUT2D eigenvalue weighted by Crippen LogP contribution is -2.16. The summed E-state index contributed by atoms with van der Waals surface area (Å²) < 4.78 is 10.4. The lowest BCUT2D eigenvalue weighted by Gasteiger charge is -2.12. The minimum absolute atomic E-state index is 0.113. The Balaban J connectivity index is 1.87. The molecule has 2 aromatic rings. The molecule has 0 saturated carbocycles. The zero-order chi connectivity index (χ0) is 16.7. The number of para-hydroxylation sites is 1. The van der Waals surface area contributed by atoms with E-state index in [-0.39, 0.29) is 5.91 Å². The molecule has 0 bridgehead atoms. The molecule has 0 aliphatic carbocycles. The third-order valence-electron chi connectivity index (χ3n) is 3.22. The Morgan fingerprint density at radius 3 is 2.57 bits per heavy atom. The van der Waals surface area contributed by atoms with E-state index in [1.165, 1.54) is 0 Å². The fourth-order valence-corrected chi connectivity index (χ4v) is 2.21. The number of halogens is 1. The SMILES string of the molecule is COc1ccc(NCCC(=O)Nc2ccccc2Cl)c(OC)c1. The number of carbonyl (C=O) groups excluding carboxylic acids is 1. The monoisotopic (exact) mass is 334 g/mol. The van der Waals surface area contributed by atoms with Crippen molar-refractivity contribution in [1.29, 1.82) is 0 Å². The van der Waals surface area contributed by atoms with E-state index in [2.05, 4.69) is 10.6 Å². The number of carbonyl (C=O) groups is 1. The molecule has 122 valence electrons. The Kier molecular flexibility index (Phi) is 6.11. The summed E-state index contributed by atoms with van der Waals surface area (Å²) in [5.74, 6) is 1.26. The van der Waals surface area contributed by atoms with Gasteiger partial charge in [-0.05, 0) is 24.3 Å². The highest BCUT2D eigenvalue weighted by molar-refractivity contribution is 6.33. The number of ether oxygens (including phenoxy) is 2. The number of amides is 1. The third kappa shape index (κ3) is 4.79. The second kappa shape index (κ2) is 8.29. The van der Waals surface area contributed by atoms with Gasteiger partial charge in [-0.1, -0.05) is 23.7 Å². The molecule has 0 spiro atoms. The number of methoxy groups -OCH3 is 2. The van der Waals surface area contributed by atoms with Crippen LogP contribution in [0.4, 0.5) is 11.4 Å². The van der Waals surface area contributed by atoms with Crippen molar-refractivity contribution in [2.45, 2.75) is 6.42 Å². The highest BCUT2D eigenvalue weighted by atomic mass is 35.5. The van der Waals surface area contributed by atoms with Gasteiger partial charge in [0.2, 0.25) is 5.91 Å². The number of hydrogen-bond donors (Lipinski definition) is 2. The first kappa shape index (κ1) is 17.0. The normalized spacial score (nSPS) is 10.0. The molecule has 6 heteroatoms. The predicted octanol–water partition coefficient (Wildman–Crippen LogP) is 3.80. The molecular weight excluding hydrogens is 316 g/mol. The van der Waals surface area contributed by atoms with Gasteiger partial charge in [-0.25, -0.2) is 0 Å². The molecule has 0 fully saturated rings. The zero-order valence-corrected chi connectivity index (χ0v) is 13.8. The number of rotatable bonds is 7. The van der Waals surface area contributed by atoms with Crippen molar-refractivity contribution in [3.63, 3.8) is 0 Å². The predicted molar refractivity (Wildman–Crippen MR) is 92.7 cm³/mol. The van der Waals surface area contributed by atoms with Crippen LogP contribution >= 0.6 is 11.6 Å². The maximum absolute atomic E-state index is 11.9. The molecule has 0 unspecified atom stereocenters. The van der Waals surface area contributed by atoms with Gasteiger partial charge in [0.25, 0.3) is 0 Å². The van der Waals surface area contributed by atoms with Crippen molar-refractivity contribution in [3.05, 3.63) is 47.5 Å². The Labute approximate surface area is 140 Å². The van der Waals surface area contributed by atoms with Gasteiger partial charge in [0, 0.05) is 19.0 Å². The smallest absolute Gasteiger partial charge is 0.226 e. The molecule has 0 aromatic heterocycles. The van der Waals surface area contributed by atoms with Crippen LogP contribution in [0, 0.1) is 0 Å². The van der Waals surface area contributed by atoms with Crippen LogP contribution in [-0.2, 0) is 4.79 Å². The first-order valence-corrected chi connectivity index (χ1v) is 7.52. The van der Waals surface area contributed by atoms with Crippen molar-refractivity contribution in [1.82, 2.24) is 0 Å². The molecule has 23 heavy (non-hydrogen) atoms. The van der Waals surface area contributed by atoms with Crippen LogP contribution in [0.2, 0.25) is 5.02 Å². The molecular formula is C17H19ClN2O3. The first-order chi connectivity index (χ1) is 11.1. The van der Waals surface area contributed by atoms with Gasteiger partial charge >= 0.3 is 0 Å². The van der Waals surface area contributed by atoms with Crippen LogP contribution in [0.5, 0.6) is 11.5 Å². The minimum Gasteiger partial charge on any atom is -0.497 e. The largest absolute Gasteiger partial charge is 0.497 e. The van der Waals surface area contributed by atoms with E-state index in [1.807, 2.05) is 24.3 Å².